The highest BCUT2D eigenvalue weighted by Crippen LogP contribution is 2.25. The summed E-state index contributed by atoms with van der Waals surface area (Å²) in [4.78, 5) is 9.80. The molecule has 2 aromatic rings. The van der Waals surface area contributed by atoms with Gasteiger partial charge in [-0.15, -0.1) is 12.6 Å². The number of carbonyl (C=O) groups excluding carboxylic acids is 1. The summed E-state index contributed by atoms with van der Waals surface area (Å²) in [6.07, 6.45) is 1.51. The van der Waals surface area contributed by atoms with E-state index in [-0.39, 0.29) is 5.75 Å². The van der Waals surface area contributed by atoms with Crippen molar-refractivity contribution in [2.45, 2.75) is 31.8 Å². The van der Waals surface area contributed by atoms with Crippen molar-refractivity contribution in [1.29, 1.82) is 0 Å². The van der Waals surface area contributed by atoms with Crippen LogP contribution >= 0.6 is 12.6 Å². The number of halogens is 1. The zero-order chi connectivity index (χ0) is 17.2. The van der Waals surface area contributed by atoms with Gasteiger partial charge in [0.25, 0.3) is 0 Å². The highest BCUT2D eigenvalue weighted by Gasteiger charge is 2.08. The predicted octanol–water partition coefficient (Wildman–Crippen LogP) is 4.64. The minimum Gasteiger partial charge on any atom is -0.486 e. The number of para-hydroxylation sites is 1. The summed E-state index contributed by atoms with van der Waals surface area (Å²) in [5, 5.41) is 3.08. The molecule has 0 saturated heterocycles. The van der Waals surface area contributed by atoms with Gasteiger partial charge in [0.2, 0.25) is 0 Å². The molecule has 0 saturated carbocycles. The second kappa shape index (κ2) is 9.90. The fraction of sp³-hybridized carbons (Fsp3) is 0.278. The fourth-order valence-electron chi connectivity index (χ4n) is 1.80. The molecule has 0 unspecified atom stereocenters. The van der Waals surface area contributed by atoms with Crippen molar-refractivity contribution in [2.75, 3.05) is 12.4 Å². The lowest BCUT2D eigenvalue weighted by atomic mass is 10.2. The first-order valence-corrected chi connectivity index (χ1v) is 7.79. The summed E-state index contributed by atoms with van der Waals surface area (Å²) in [7, 11) is 1.85. The average Bonchev–Trinajstić information content (AvgIpc) is 2.57. The van der Waals surface area contributed by atoms with Gasteiger partial charge in [0, 0.05) is 29.6 Å². The number of thiol groups is 1. The molecule has 0 atom stereocenters. The van der Waals surface area contributed by atoms with Crippen molar-refractivity contribution < 1.29 is 13.9 Å². The molecule has 0 heterocycles. The third-order valence-electron chi connectivity index (χ3n) is 3.09. The van der Waals surface area contributed by atoms with Gasteiger partial charge in [-0.3, -0.25) is 0 Å². The van der Waals surface area contributed by atoms with Crippen LogP contribution in [0, 0.1) is 12.7 Å². The highest BCUT2D eigenvalue weighted by atomic mass is 32.1. The van der Waals surface area contributed by atoms with Crippen LogP contribution in [0.1, 0.15) is 24.5 Å². The number of aldehydes is 1. The van der Waals surface area contributed by atoms with Crippen molar-refractivity contribution in [3.63, 3.8) is 0 Å². The van der Waals surface area contributed by atoms with E-state index in [1.165, 1.54) is 6.07 Å². The van der Waals surface area contributed by atoms with E-state index in [4.69, 9.17) is 4.74 Å². The van der Waals surface area contributed by atoms with Crippen molar-refractivity contribution in [3.8, 4) is 5.75 Å². The molecular formula is C18H22FNO2S. The van der Waals surface area contributed by atoms with E-state index in [0.29, 0.717) is 17.9 Å². The number of nitrogens with one attached hydrogen (secondary N) is 1. The number of aryl methyl sites for hydroxylation is 1. The van der Waals surface area contributed by atoms with Crippen LogP contribution in [0.15, 0.2) is 41.3 Å². The molecule has 0 aliphatic rings. The zero-order valence-electron chi connectivity index (χ0n) is 13.6. The van der Waals surface area contributed by atoms with Crippen molar-refractivity contribution in [2.24, 2.45) is 0 Å². The van der Waals surface area contributed by atoms with E-state index in [1.54, 1.807) is 6.07 Å². The van der Waals surface area contributed by atoms with Crippen LogP contribution in [0.4, 0.5) is 10.1 Å². The molecule has 0 aliphatic carbocycles. The normalized spacial score (nSPS) is 9.61. The van der Waals surface area contributed by atoms with Crippen molar-refractivity contribution >= 4 is 24.6 Å². The van der Waals surface area contributed by atoms with Crippen LogP contribution in [0.2, 0.25) is 0 Å². The molecule has 0 aromatic heterocycles. The van der Waals surface area contributed by atoms with Gasteiger partial charge in [-0.1, -0.05) is 25.1 Å². The molecule has 2 aromatic carbocycles. The van der Waals surface area contributed by atoms with E-state index >= 15 is 0 Å². The van der Waals surface area contributed by atoms with E-state index in [0.717, 1.165) is 23.1 Å². The Balaban J connectivity index is 0.000000593. The first kappa shape index (κ1) is 19.0. The fourth-order valence-corrected chi connectivity index (χ4v) is 1.98. The molecule has 5 heteroatoms. The van der Waals surface area contributed by atoms with Gasteiger partial charge in [0.15, 0.2) is 11.6 Å². The molecule has 2 rings (SSSR count). The second-order valence-electron chi connectivity index (χ2n) is 4.84. The molecule has 23 heavy (non-hydrogen) atoms. The smallest absolute Gasteiger partial charge is 0.166 e. The minimum absolute atomic E-state index is 0.251. The predicted molar refractivity (Wildman–Crippen MR) is 95.1 cm³/mol. The van der Waals surface area contributed by atoms with Gasteiger partial charge in [-0.05, 0) is 30.7 Å². The molecule has 3 nitrogen and oxygen atoms in total. The Morgan fingerprint density at radius 3 is 2.57 bits per heavy atom. The van der Waals surface area contributed by atoms with Crippen LogP contribution in [0.5, 0.6) is 5.75 Å². The summed E-state index contributed by atoms with van der Waals surface area (Å²) in [5.74, 6) is -0.140. The molecule has 0 spiro atoms. The monoisotopic (exact) mass is 335 g/mol. The lowest BCUT2D eigenvalue weighted by molar-refractivity contribution is -0.107. The van der Waals surface area contributed by atoms with Crippen LogP contribution in [-0.4, -0.2) is 13.3 Å². The summed E-state index contributed by atoms with van der Waals surface area (Å²) in [6, 6.07) is 10.8. The number of carbonyl (C=O) groups is 1. The number of benzene rings is 2. The summed E-state index contributed by atoms with van der Waals surface area (Å²) < 4.78 is 19.3. The zero-order valence-corrected chi connectivity index (χ0v) is 14.5. The van der Waals surface area contributed by atoms with Gasteiger partial charge >= 0.3 is 0 Å². The standard InChI is InChI=1S/C15H16FNOS.C3H6O/c1-10-7-14(12(16)8-15(10)19)18-9-11-5-3-4-6-13(11)17-2;1-2-3-4/h3-8,17,19H,9H2,1-2H3;3H,2H2,1H3. The first-order chi connectivity index (χ1) is 11.0. The maximum absolute atomic E-state index is 13.7. The highest BCUT2D eigenvalue weighted by molar-refractivity contribution is 7.80. The number of anilines is 1. The largest absolute Gasteiger partial charge is 0.486 e. The summed E-state index contributed by atoms with van der Waals surface area (Å²) >= 11 is 4.18. The third-order valence-corrected chi connectivity index (χ3v) is 3.57. The quantitative estimate of drug-likeness (QED) is 0.617. The van der Waals surface area contributed by atoms with E-state index in [2.05, 4.69) is 17.9 Å². The Bertz CT molecular complexity index is 647. The molecule has 1 N–H and O–H groups in total. The maximum Gasteiger partial charge on any atom is 0.166 e. The van der Waals surface area contributed by atoms with Gasteiger partial charge in [-0.25, -0.2) is 4.39 Å². The molecule has 0 fully saturated rings. The molecular weight excluding hydrogens is 313 g/mol. The summed E-state index contributed by atoms with van der Waals surface area (Å²) in [5.41, 5.74) is 2.85. The molecule has 0 radical (unpaired) electrons. The second-order valence-corrected chi connectivity index (χ2v) is 5.32. The summed E-state index contributed by atoms with van der Waals surface area (Å²) in [6.45, 7) is 4.00. The lowest BCUT2D eigenvalue weighted by Gasteiger charge is -2.12. The van der Waals surface area contributed by atoms with Crippen LogP contribution in [0.25, 0.3) is 0 Å². The van der Waals surface area contributed by atoms with E-state index in [1.807, 2.05) is 45.2 Å². The van der Waals surface area contributed by atoms with E-state index in [9.17, 15) is 9.18 Å². The van der Waals surface area contributed by atoms with Crippen LogP contribution < -0.4 is 10.1 Å². The Hall–Kier alpha value is -2.01. The SMILES string of the molecule is CCC=O.CNc1ccccc1COc1cc(C)c(S)cc1F. The Morgan fingerprint density at radius 2 is 1.96 bits per heavy atom. The number of ether oxygens (including phenoxy) is 1. The van der Waals surface area contributed by atoms with Gasteiger partial charge in [-0.2, -0.15) is 0 Å². The molecule has 124 valence electrons. The topological polar surface area (TPSA) is 38.3 Å². The van der Waals surface area contributed by atoms with E-state index < -0.39 is 5.82 Å². The number of hydrogen-bond acceptors (Lipinski definition) is 4. The number of rotatable bonds is 5. The van der Waals surface area contributed by atoms with Crippen molar-refractivity contribution in [3.05, 3.63) is 53.3 Å². The van der Waals surface area contributed by atoms with Crippen LogP contribution in [0.3, 0.4) is 0 Å². The molecule has 0 bridgehead atoms. The Kier molecular flexibility index (Phi) is 8.19. The molecule has 0 amide bonds. The third kappa shape index (κ3) is 5.94. The van der Waals surface area contributed by atoms with Gasteiger partial charge < -0.3 is 14.8 Å². The molecule has 0 aliphatic heterocycles. The maximum atomic E-state index is 13.7. The minimum atomic E-state index is -0.391. The van der Waals surface area contributed by atoms with Crippen molar-refractivity contribution in [1.82, 2.24) is 0 Å². The Labute approximate surface area is 142 Å². The lowest BCUT2D eigenvalue weighted by Crippen LogP contribution is -2.02. The Morgan fingerprint density at radius 1 is 1.30 bits per heavy atom. The number of hydrogen-bond donors (Lipinski definition) is 2. The van der Waals surface area contributed by atoms with Gasteiger partial charge in [0.1, 0.15) is 12.9 Å². The first-order valence-electron chi connectivity index (χ1n) is 7.34. The van der Waals surface area contributed by atoms with Gasteiger partial charge in [0.05, 0.1) is 0 Å². The average molecular weight is 335 g/mol. The van der Waals surface area contributed by atoms with Crippen LogP contribution in [-0.2, 0) is 11.4 Å².